The molecule has 2 aliphatic carbocycles. The Morgan fingerprint density at radius 2 is 1.37 bits per heavy atom. The number of amides is 2. The van der Waals surface area contributed by atoms with E-state index >= 15 is 0 Å². The number of hydrogen-bond donors (Lipinski definition) is 3. The molecule has 0 saturated heterocycles. The van der Waals surface area contributed by atoms with E-state index in [1.165, 1.54) is 51.4 Å². The smallest absolute Gasteiger partial charge is 0.243 e. The number of rotatable bonds is 7. The molecular weight excluding hydrogens is 338 g/mol. The summed E-state index contributed by atoms with van der Waals surface area (Å²) in [6.45, 7) is 0.0353. The van der Waals surface area contributed by atoms with Crippen molar-refractivity contribution in [2.24, 2.45) is 5.92 Å². The Bertz CT molecular complexity index is 602. The first-order valence-corrected chi connectivity index (χ1v) is 10.6. The van der Waals surface area contributed by atoms with E-state index in [0.29, 0.717) is 18.4 Å². The zero-order chi connectivity index (χ0) is 18.9. The molecule has 2 amide bonds. The topological polar surface area (TPSA) is 70.2 Å². The Balaban J connectivity index is 1.36. The summed E-state index contributed by atoms with van der Waals surface area (Å²) in [6.07, 6.45) is 13.0. The molecule has 0 atom stereocenters. The van der Waals surface area contributed by atoms with Gasteiger partial charge in [-0.25, -0.2) is 0 Å². The first kappa shape index (κ1) is 19.7. The van der Waals surface area contributed by atoms with Crippen molar-refractivity contribution in [3.8, 4) is 0 Å². The minimum atomic E-state index is -0.181. The first-order valence-electron chi connectivity index (χ1n) is 10.6. The molecule has 0 aliphatic heterocycles. The average Bonchev–Trinajstić information content (AvgIpc) is 2.70. The maximum Gasteiger partial charge on any atom is 0.243 e. The van der Waals surface area contributed by atoms with Crippen LogP contribution in [0.2, 0.25) is 0 Å². The maximum atomic E-state index is 12.1. The predicted octanol–water partition coefficient (Wildman–Crippen LogP) is 4.46. The van der Waals surface area contributed by atoms with Crippen molar-refractivity contribution in [2.75, 3.05) is 17.2 Å². The van der Waals surface area contributed by atoms with Gasteiger partial charge in [0.15, 0.2) is 0 Å². The van der Waals surface area contributed by atoms with Crippen molar-refractivity contribution in [1.29, 1.82) is 0 Å². The molecule has 148 valence electrons. The summed E-state index contributed by atoms with van der Waals surface area (Å²) in [4.78, 5) is 24.1. The highest BCUT2D eigenvalue weighted by atomic mass is 16.2. The Kier molecular flexibility index (Phi) is 7.55. The van der Waals surface area contributed by atoms with E-state index in [1.54, 1.807) is 0 Å². The summed E-state index contributed by atoms with van der Waals surface area (Å²) in [5, 5.41) is 9.17. The lowest BCUT2D eigenvalue weighted by atomic mass is 9.87. The molecule has 3 rings (SSSR count). The van der Waals surface area contributed by atoms with Crippen molar-refractivity contribution < 1.29 is 9.59 Å². The molecule has 2 saturated carbocycles. The van der Waals surface area contributed by atoms with Crippen LogP contribution in [0, 0.1) is 5.92 Å². The molecule has 1 aromatic carbocycles. The van der Waals surface area contributed by atoms with Gasteiger partial charge in [-0.3, -0.25) is 9.59 Å². The number of carbonyl (C=O) groups excluding carboxylic acids is 2. The third kappa shape index (κ3) is 6.89. The third-order valence-electron chi connectivity index (χ3n) is 5.79. The van der Waals surface area contributed by atoms with Crippen LogP contribution in [-0.2, 0) is 9.59 Å². The van der Waals surface area contributed by atoms with E-state index in [4.69, 9.17) is 0 Å². The van der Waals surface area contributed by atoms with Gasteiger partial charge in [0.1, 0.15) is 0 Å². The van der Waals surface area contributed by atoms with E-state index in [0.717, 1.165) is 24.2 Å². The lowest BCUT2D eigenvalue weighted by Gasteiger charge is -2.24. The first-order chi connectivity index (χ1) is 13.2. The van der Waals surface area contributed by atoms with Crippen molar-refractivity contribution in [3.05, 3.63) is 24.3 Å². The van der Waals surface area contributed by atoms with Crippen molar-refractivity contribution in [3.63, 3.8) is 0 Å². The van der Waals surface area contributed by atoms with Crippen LogP contribution in [0.3, 0.4) is 0 Å². The molecule has 0 unspecified atom stereocenters. The molecule has 0 radical (unpaired) electrons. The summed E-state index contributed by atoms with van der Waals surface area (Å²) in [7, 11) is 0. The zero-order valence-electron chi connectivity index (χ0n) is 16.3. The predicted molar refractivity (Wildman–Crippen MR) is 110 cm³/mol. The minimum Gasteiger partial charge on any atom is -0.382 e. The van der Waals surface area contributed by atoms with Gasteiger partial charge in [-0.1, -0.05) is 38.5 Å². The average molecular weight is 372 g/mol. The third-order valence-corrected chi connectivity index (χ3v) is 5.79. The van der Waals surface area contributed by atoms with Crippen LogP contribution in [0.25, 0.3) is 0 Å². The normalized spacial score (nSPS) is 18.7. The molecular formula is C22H33N3O2. The Labute approximate surface area is 162 Å². The molecule has 0 bridgehead atoms. The second-order valence-electron chi connectivity index (χ2n) is 8.09. The lowest BCUT2D eigenvalue weighted by molar-refractivity contribution is -0.125. The lowest BCUT2D eigenvalue weighted by Crippen LogP contribution is -2.34. The van der Waals surface area contributed by atoms with Crippen LogP contribution in [0.1, 0.15) is 70.6 Å². The summed E-state index contributed by atoms with van der Waals surface area (Å²) in [5.41, 5.74) is 1.86. The van der Waals surface area contributed by atoms with E-state index in [-0.39, 0.29) is 18.4 Å². The molecule has 5 heteroatoms. The van der Waals surface area contributed by atoms with E-state index in [9.17, 15) is 9.59 Å². The van der Waals surface area contributed by atoms with Crippen molar-refractivity contribution in [1.82, 2.24) is 5.32 Å². The van der Waals surface area contributed by atoms with Gasteiger partial charge < -0.3 is 16.0 Å². The number of anilines is 2. The summed E-state index contributed by atoms with van der Waals surface area (Å²) >= 11 is 0. The quantitative estimate of drug-likeness (QED) is 0.663. The Morgan fingerprint density at radius 1 is 0.778 bits per heavy atom. The molecule has 1 aromatic rings. The monoisotopic (exact) mass is 371 g/mol. The largest absolute Gasteiger partial charge is 0.382 e. The van der Waals surface area contributed by atoms with Crippen LogP contribution in [-0.4, -0.2) is 24.4 Å². The van der Waals surface area contributed by atoms with E-state index < -0.39 is 0 Å². The van der Waals surface area contributed by atoms with Gasteiger partial charge >= 0.3 is 0 Å². The van der Waals surface area contributed by atoms with Crippen LogP contribution in [0.15, 0.2) is 24.3 Å². The van der Waals surface area contributed by atoms with Gasteiger partial charge in [0, 0.05) is 23.8 Å². The van der Waals surface area contributed by atoms with Crippen LogP contribution < -0.4 is 16.0 Å². The van der Waals surface area contributed by atoms with Gasteiger partial charge in [0.05, 0.1) is 6.54 Å². The highest BCUT2D eigenvalue weighted by molar-refractivity contribution is 5.94. The highest BCUT2D eigenvalue weighted by Gasteiger charge is 2.17. The summed E-state index contributed by atoms with van der Waals surface area (Å²) < 4.78 is 0. The maximum absolute atomic E-state index is 12.1. The fraction of sp³-hybridized carbons (Fsp3) is 0.636. The molecule has 0 heterocycles. The molecule has 0 aromatic heterocycles. The molecule has 0 spiro atoms. The minimum absolute atomic E-state index is 0.0101. The molecule has 5 nitrogen and oxygen atoms in total. The molecule has 2 aliphatic rings. The fourth-order valence-corrected chi connectivity index (χ4v) is 4.24. The fourth-order valence-electron chi connectivity index (χ4n) is 4.24. The van der Waals surface area contributed by atoms with E-state index in [1.807, 2.05) is 24.3 Å². The molecule has 3 N–H and O–H groups in total. The van der Waals surface area contributed by atoms with Gasteiger partial charge in [-0.2, -0.15) is 0 Å². The number of nitrogens with one attached hydrogen (secondary N) is 3. The highest BCUT2D eigenvalue weighted by Crippen LogP contribution is 2.26. The van der Waals surface area contributed by atoms with E-state index in [2.05, 4.69) is 16.0 Å². The van der Waals surface area contributed by atoms with Gasteiger partial charge in [0.2, 0.25) is 11.8 Å². The van der Waals surface area contributed by atoms with Gasteiger partial charge in [0.25, 0.3) is 0 Å². The van der Waals surface area contributed by atoms with Gasteiger partial charge in [-0.15, -0.1) is 0 Å². The Morgan fingerprint density at radius 3 is 2.04 bits per heavy atom. The van der Waals surface area contributed by atoms with Crippen LogP contribution >= 0.6 is 0 Å². The number of hydrogen-bond acceptors (Lipinski definition) is 3. The van der Waals surface area contributed by atoms with Crippen LogP contribution in [0.4, 0.5) is 11.4 Å². The zero-order valence-corrected chi connectivity index (χ0v) is 16.3. The van der Waals surface area contributed by atoms with Crippen molar-refractivity contribution in [2.45, 2.75) is 76.7 Å². The standard InChI is InChI=1S/C22H33N3O2/c26-21(15-17-7-3-1-4-8-17)23-16-22(27)25-20-13-11-19(12-14-20)24-18-9-5-2-6-10-18/h11-14,17-18,24H,1-10,15-16H2,(H,23,26)(H,25,27). The molecule has 27 heavy (non-hydrogen) atoms. The number of benzene rings is 1. The summed E-state index contributed by atoms with van der Waals surface area (Å²) in [6, 6.07) is 8.40. The van der Waals surface area contributed by atoms with Crippen molar-refractivity contribution >= 4 is 23.2 Å². The Hall–Kier alpha value is -2.04. The second kappa shape index (κ2) is 10.3. The van der Waals surface area contributed by atoms with Gasteiger partial charge in [-0.05, 0) is 55.9 Å². The molecule has 2 fully saturated rings. The number of carbonyl (C=O) groups is 2. The second-order valence-corrected chi connectivity index (χ2v) is 8.09. The SMILES string of the molecule is O=C(CC1CCCCC1)NCC(=O)Nc1ccc(NC2CCCCC2)cc1. The summed E-state index contributed by atoms with van der Waals surface area (Å²) in [5.74, 6) is 0.301. The van der Waals surface area contributed by atoms with Crippen LogP contribution in [0.5, 0.6) is 0 Å².